The maximum Gasteiger partial charge on any atom is 0.311 e. The van der Waals surface area contributed by atoms with E-state index in [-0.39, 0.29) is 23.5 Å². The van der Waals surface area contributed by atoms with Crippen molar-refractivity contribution in [3.63, 3.8) is 0 Å². The number of sulfone groups is 1. The zero-order valence-corrected chi connectivity index (χ0v) is 10.8. The average Bonchev–Trinajstić information content (AvgIpc) is 2.29. The maximum atomic E-state index is 13.0. The average molecular weight is 274 g/mol. The van der Waals surface area contributed by atoms with Crippen molar-refractivity contribution >= 4 is 15.8 Å². The molecule has 18 heavy (non-hydrogen) atoms. The molecule has 0 saturated carbocycles. The third kappa shape index (κ3) is 4.10. The Morgan fingerprint density at radius 2 is 2.11 bits per heavy atom. The van der Waals surface area contributed by atoms with Gasteiger partial charge in [0.15, 0.2) is 0 Å². The Balaban J connectivity index is 2.88. The van der Waals surface area contributed by atoms with E-state index in [9.17, 15) is 17.6 Å². The third-order valence-corrected chi connectivity index (χ3v) is 4.44. The van der Waals surface area contributed by atoms with Crippen molar-refractivity contribution in [3.05, 3.63) is 35.6 Å². The highest BCUT2D eigenvalue weighted by Crippen LogP contribution is 2.21. The number of rotatable bonds is 6. The fourth-order valence-corrected chi connectivity index (χ4v) is 2.48. The molecule has 0 spiro atoms. The van der Waals surface area contributed by atoms with Gasteiger partial charge in [0.25, 0.3) is 0 Å². The lowest BCUT2D eigenvalue weighted by Crippen LogP contribution is -2.18. The summed E-state index contributed by atoms with van der Waals surface area (Å²) in [5.41, 5.74) is 0.286. The molecule has 1 atom stereocenters. The molecule has 0 aliphatic rings. The van der Waals surface area contributed by atoms with Crippen LogP contribution >= 0.6 is 0 Å². The zero-order valence-electron chi connectivity index (χ0n) is 9.97. The molecule has 0 aliphatic carbocycles. The van der Waals surface area contributed by atoms with Gasteiger partial charge in [0.2, 0.25) is 0 Å². The maximum absolute atomic E-state index is 13.0. The molecule has 6 heteroatoms. The smallest absolute Gasteiger partial charge is 0.311 e. The minimum Gasteiger partial charge on any atom is -0.481 e. The van der Waals surface area contributed by atoms with Crippen LogP contribution in [0.4, 0.5) is 4.39 Å². The van der Waals surface area contributed by atoms with Crippen LogP contribution in [0.15, 0.2) is 24.3 Å². The number of aliphatic carboxylic acids is 1. The molecule has 0 aliphatic heterocycles. The van der Waals surface area contributed by atoms with E-state index in [2.05, 4.69) is 0 Å². The highest BCUT2D eigenvalue weighted by molar-refractivity contribution is 7.91. The van der Waals surface area contributed by atoms with Gasteiger partial charge in [-0.05, 0) is 24.1 Å². The molecule has 1 unspecified atom stereocenters. The quantitative estimate of drug-likeness (QED) is 0.859. The van der Waals surface area contributed by atoms with Crippen molar-refractivity contribution < 1.29 is 22.7 Å². The van der Waals surface area contributed by atoms with Gasteiger partial charge in [0.05, 0.1) is 11.7 Å². The first kappa shape index (κ1) is 14.6. The lowest BCUT2D eigenvalue weighted by Gasteiger charge is -2.12. The second-order valence-corrected chi connectivity index (χ2v) is 6.44. The molecule has 0 amide bonds. The minimum atomic E-state index is -3.22. The van der Waals surface area contributed by atoms with Crippen LogP contribution in [0.5, 0.6) is 0 Å². The fourth-order valence-electron chi connectivity index (χ4n) is 1.60. The van der Waals surface area contributed by atoms with Crippen LogP contribution in [-0.2, 0) is 14.6 Å². The lowest BCUT2D eigenvalue weighted by molar-refractivity contribution is -0.138. The summed E-state index contributed by atoms with van der Waals surface area (Å²) in [7, 11) is -3.22. The first-order valence-electron chi connectivity index (χ1n) is 5.54. The van der Waals surface area contributed by atoms with Gasteiger partial charge in [-0.1, -0.05) is 19.1 Å². The second-order valence-electron chi connectivity index (χ2n) is 3.97. The number of carbonyl (C=O) groups is 1. The van der Waals surface area contributed by atoms with Crippen molar-refractivity contribution in [3.8, 4) is 0 Å². The van der Waals surface area contributed by atoms with E-state index in [4.69, 9.17) is 5.11 Å². The van der Waals surface area contributed by atoms with Crippen molar-refractivity contribution in [1.82, 2.24) is 0 Å². The van der Waals surface area contributed by atoms with E-state index in [0.29, 0.717) is 0 Å². The Morgan fingerprint density at radius 1 is 1.44 bits per heavy atom. The summed E-state index contributed by atoms with van der Waals surface area (Å²) in [6.07, 6.45) is -0.0467. The highest BCUT2D eigenvalue weighted by atomic mass is 32.2. The molecule has 0 aromatic heterocycles. The normalized spacial score (nSPS) is 13.2. The third-order valence-electron chi connectivity index (χ3n) is 2.71. The first-order valence-corrected chi connectivity index (χ1v) is 7.36. The second kappa shape index (κ2) is 5.95. The van der Waals surface area contributed by atoms with Crippen LogP contribution in [0.2, 0.25) is 0 Å². The largest absolute Gasteiger partial charge is 0.481 e. The van der Waals surface area contributed by atoms with E-state index in [1.54, 1.807) is 0 Å². The van der Waals surface area contributed by atoms with Gasteiger partial charge < -0.3 is 5.11 Å². The van der Waals surface area contributed by atoms with E-state index >= 15 is 0 Å². The number of benzene rings is 1. The molecule has 0 radical (unpaired) electrons. The zero-order chi connectivity index (χ0) is 13.8. The van der Waals surface area contributed by atoms with Crippen LogP contribution < -0.4 is 0 Å². The van der Waals surface area contributed by atoms with Crippen LogP contribution in [-0.4, -0.2) is 31.0 Å². The number of carboxylic acid groups (broad SMARTS) is 1. The molecule has 1 N–H and O–H groups in total. The Morgan fingerprint density at radius 3 is 2.61 bits per heavy atom. The standard InChI is InChI=1S/C12H15FO4S/c1-2-18(16,17)7-6-11(12(14)15)9-4-3-5-10(13)8-9/h3-5,8,11H,2,6-7H2,1H3,(H,14,15). The molecule has 0 heterocycles. The van der Waals surface area contributed by atoms with Gasteiger partial charge in [-0.15, -0.1) is 0 Å². The molecular formula is C12H15FO4S. The van der Waals surface area contributed by atoms with Crippen LogP contribution in [0, 0.1) is 5.82 Å². The summed E-state index contributed by atoms with van der Waals surface area (Å²) in [5.74, 6) is -2.91. The lowest BCUT2D eigenvalue weighted by atomic mass is 9.97. The first-order chi connectivity index (χ1) is 8.35. The summed E-state index contributed by atoms with van der Waals surface area (Å²) in [6.45, 7) is 1.51. The summed E-state index contributed by atoms with van der Waals surface area (Å²) in [4.78, 5) is 11.1. The Bertz CT molecular complexity index is 525. The minimum absolute atomic E-state index is 0.0253. The van der Waals surface area contributed by atoms with Gasteiger partial charge >= 0.3 is 5.97 Å². The SMILES string of the molecule is CCS(=O)(=O)CCC(C(=O)O)c1cccc(F)c1. The van der Waals surface area contributed by atoms with Gasteiger partial charge in [-0.3, -0.25) is 4.79 Å². The number of halogens is 1. The summed E-state index contributed by atoms with van der Waals surface area (Å²) < 4.78 is 35.7. The van der Waals surface area contributed by atoms with Crippen LogP contribution in [0.1, 0.15) is 24.8 Å². The highest BCUT2D eigenvalue weighted by Gasteiger charge is 2.22. The molecule has 0 saturated heterocycles. The molecule has 1 rings (SSSR count). The Hall–Kier alpha value is -1.43. The van der Waals surface area contributed by atoms with Gasteiger partial charge in [0.1, 0.15) is 15.7 Å². The van der Waals surface area contributed by atoms with E-state index in [1.807, 2.05) is 0 Å². The predicted octanol–water partition coefficient (Wildman–Crippen LogP) is 1.82. The van der Waals surface area contributed by atoms with Gasteiger partial charge in [-0.2, -0.15) is 0 Å². The molecule has 1 aromatic carbocycles. The van der Waals surface area contributed by atoms with E-state index < -0.39 is 27.5 Å². The fraction of sp³-hybridized carbons (Fsp3) is 0.417. The molecule has 4 nitrogen and oxygen atoms in total. The van der Waals surface area contributed by atoms with Crippen molar-refractivity contribution in [1.29, 1.82) is 0 Å². The van der Waals surface area contributed by atoms with Crippen LogP contribution in [0.3, 0.4) is 0 Å². The van der Waals surface area contributed by atoms with E-state index in [1.165, 1.54) is 25.1 Å². The Labute approximate surface area is 105 Å². The summed E-state index contributed by atoms with van der Waals surface area (Å²) in [6, 6.07) is 5.23. The number of carboxylic acids is 1. The predicted molar refractivity (Wildman–Crippen MR) is 65.7 cm³/mol. The van der Waals surface area contributed by atoms with Crippen molar-refractivity contribution in [2.45, 2.75) is 19.3 Å². The number of hydrogen-bond acceptors (Lipinski definition) is 3. The molecule has 1 aromatic rings. The van der Waals surface area contributed by atoms with Gasteiger partial charge in [0, 0.05) is 5.75 Å². The van der Waals surface area contributed by atoms with Crippen molar-refractivity contribution in [2.24, 2.45) is 0 Å². The number of hydrogen-bond donors (Lipinski definition) is 1. The molecule has 100 valence electrons. The molecule has 0 bridgehead atoms. The Kier molecular flexibility index (Phi) is 4.84. The van der Waals surface area contributed by atoms with Crippen molar-refractivity contribution in [2.75, 3.05) is 11.5 Å². The molecular weight excluding hydrogens is 259 g/mol. The van der Waals surface area contributed by atoms with E-state index in [0.717, 1.165) is 6.07 Å². The molecule has 0 fully saturated rings. The van der Waals surface area contributed by atoms with Gasteiger partial charge in [-0.25, -0.2) is 12.8 Å². The van der Waals surface area contributed by atoms with Crippen LogP contribution in [0.25, 0.3) is 0 Å². The summed E-state index contributed by atoms with van der Waals surface area (Å²) >= 11 is 0. The monoisotopic (exact) mass is 274 g/mol. The topological polar surface area (TPSA) is 71.4 Å². The summed E-state index contributed by atoms with van der Waals surface area (Å²) in [5, 5.41) is 9.07.